The molecule has 0 fully saturated rings. The van der Waals surface area contributed by atoms with Crippen molar-refractivity contribution in [1.82, 2.24) is 19.1 Å². The SMILES string of the molecule is NC1=N[C@@H](c2ccc(-n3ccnc3)cc2)n2c(nc3cc4c(cc32)OCCCO4)N1. The normalized spacial score (nSPS) is 17.7. The fourth-order valence-corrected chi connectivity index (χ4v) is 3.88. The average Bonchev–Trinajstić information content (AvgIpc) is 3.34. The van der Waals surface area contributed by atoms with Gasteiger partial charge in [-0.25, -0.2) is 15.0 Å². The zero-order valence-electron chi connectivity index (χ0n) is 16.0. The summed E-state index contributed by atoms with van der Waals surface area (Å²) in [5, 5.41) is 3.07. The van der Waals surface area contributed by atoms with Crippen molar-refractivity contribution < 1.29 is 9.47 Å². The van der Waals surface area contributed by atoms with E-state index in [-0.39, 0.29) is 6.17 Å². The molecule has 0 amide bonds. The van der Waals surface area contributed by atoms with Crippen molar-refractivity contribution in [2.24, 2.45) is 10.7 Å². The van der Waals surface area contributed by atoms with Crippen molar-refractivity contribution in [3.8, 4) is 17.2 Å². The van der Waals surface area contributed by atoms with Crippen LogP contribution in [-0.2, 0) is 0 Å². The number of hydrogen-bond donors (Lipinski definition) is 2. The summed E-state index contributed by atoms with van der Waals surface area (Å²) >= 11 is 0. The molecule has 0 saturated heterocycles. The highest BCUT2D eigenvalue weighted by atomic mass is 16.5. The van der Waals surface area contributed by atoms with Crippen LogP contribution in [0.1, 0.15) is 18.2 Å². The maximum Gasteiger partial charge on any atom is 0.212 e. The Kier molecular flexibility index (Phi) is 3.67. The number of benzene rings is 2. The number of guanidine groups is 1. The second kappa shape index (κ2) is 6.51. The van der Waals surface area contributed by atoms with E-state index in [1.807, 2.05) is 51.7 Å². The molecule has 0 radical (unpaired) electrons. The van der Waals surface area contributed by atoms with Crippen molar-refractivity contribution >= 4 is 22.9 Å². The van der Waals surface area contributed by atoms with Crippen LogP contribution in [0.25, 0.3) is 16.7 Å². The van der Waals surface area contributed by atoms with Crippen LogP contribution in [0.4, 0.5) is 5.95 Å². The molecule has 4 aromatic rings. The molecular weight excluding hydrogens is 382 g/mol. The molecule has 1 atom stereocenters. The Hall–Kier alpha value is -4.01. The second-order valence-electron chi connectivity index (χ2n) is 7.22. The van der Waals surface area contributed by atoms with Crippen molar-refractivity contribution in [3.63, 3.8) is 0 Å². The van der Waals surface area contributed by atoms with Crippen molar-refractivity contribution in [3.05, 3.63) is 60.7 Å². The number of hydrogen-bond acceptors (Lipinski definition) is 7. The first-order valence-corrected chi connectivity index (χ1v) is 9.76. The predicted molar refractivity (Wildman–Crippen MR) is 112 cm³/mol. The first-order chi connectivity index (χ1) is 14.8. The summed E-state index contributed by atoms with van der Waals surface area (Å²) in [7, 11) is 0. The van der Waals surface area contributed by atoms with Gasteiger partial charge in [0.25, 0.3) is 0 Å². The molecule has 9 heteroatoms. The van der Waals surface area contributed by atoms with Gasteiger partial charge in [-0.1, -0.05) is 12.1 Å². The molecule has 2 aliphatic rings. The number of rotatable bonds is 2. The summed E-state index contributed by atoms with van der Waals surface area (Å²) in [6.45, 7) is 1.26. The number of aliphatic imine (C=N–C) groups is 1. The van der Waals surface area contributed by atoms with Crippen LogP contribution >= 0.6 is 0 Å². The number of nitrogens with two attached hydrogens (primary N) is 1. The Morgan fingerprint density at radius 1 is 1.07 bits per heavy atom. The summed E-state index contributed by atoms with van der Waals surface area (Å²) in [5.41, 5.74) is 9.79. The van der Waals surface area contributed by atoms with Gasteiger partial charge in [0.05, 0.1) is 30.6 Å². The highest BCUT2D eigenvalue weighted by Crippen LogP contribution is 2.39. The minimum absolute atomic E-state index is 0.329. The van der Waals surface area contributed by atoms with E-state index < -0.39 is 0 Å². The van der Waals surface area contributed by atoms with Crippen LogP contribution in [0.2, 0.25) is 0 Å². The summed E-state index contributed by atoms with van der Waals surface area (Å²) in [4.78, 5) is 13.5. The number of fused-ring (bicyclic) bond motifs is 4. The molecule has 0 saturated carbocycles. The molecule has 2 aromatic carbocycles. The highest BCUT2D eigenvalue weighted by Gasteiger charge is 2.27. The Morgan fingerprint density at radius 2 is 1.87 bits per heavy atom. The van der Waals surface area contributed by atoms with Gasteiger partial charge in [-0.2, -0.15) is 0 Å². The fourth-order valence-electron chi connectivity index (χ4n) is 3.88. The van der Waals surface area contributed by atoms with Gasteiger partial charge in [0.15, 0.2) is 23.6 Å². The van der Waals surface area contributed by atoms with E-state index in [1.54, 1.807) is 12.5 Å². The Morgan fingerprint density at radius 3 is 2.63 bits per heavy atom. The van der Waals surface area contributed by atoms with Gasteiger partial charge in [-0.3, -0.25) is 9.88 Å². The lowest BCUT2D eigenvalue weighted by atomic mass is 10.1. The van der Waals surface area contributed by atoms with Crippen molar-refractivity contribution in [2.45, 2.75) is 12.6 Å². The summed E-state index contributed by atoms with van der Waals surface area (Å²) < 4.78 is 15.7. The highest BCUT2D eigenvalue weighted by molar-refractivity contribution is 5.95. The predicted octanol–water partition coefficient (Wildman–Crippen LogP) is 2.67. The van der Waals surface area contributed by atoms with Gasteiger partial charge in [0, 0.05) is 36.6 Å². The van der Waals surface area contributed by atoms with E-state index in [4.69, 9.17) is 20.2 Å². The summed E-state index contributed by atoms with van der Waals surface area (Å²) in [5.74, 6) is 2.40. The van der Waals surface area contributed by atoms with E-state index in [9.17, 15) is 0 Å². The molecule has 4 heterocycles. The van der Waals surface area contributed by atoms with Crippen molar-refractivity contribution in [1.29, 1.82) is 0 Å². The molecule has 3 N–H and O–H groups in total. The molecule has 2 aliphatic heterocycles. The Bertz CT molecular complexity index is 1260. The largest absolute Gasteiger partial charge is 0.489 e. The third-order valence-electron chi connectivity index (χ3n) is 5.30. The topological polar surface area (TPSA) is 105 Å². The van der Waals surface area contributed by atoms with E-state index in [0.717, 1.165) is 34.5 Å². The van der Waals surface area contributed by atoms with E-state index >= 15 is 0 Å². The van der Waals surface area contributed by atoms with Gasteiger partial charge in [-0.15, -0.1) is 0 Å². The molecule has 9 nitrogen and oxygen atoms in total. The third kappa shape index (κ3) is 2.66. The molecule has 2 aromatic heterocycles. The fraction of sp³-hybridized carbons (Fsp3) is 0.190. The van der Waals surface area contributed by atoms with Gasteiger partial charge in [-0.05, 0) is 17.7 Å². The molecular formula is C21H19N7O2. The average molecular weight is 401 g/mol. The Labute approximate surface area is 171 Å². The van der Waals surface area contributed by atoms with Gasteiger partial charge in [0.2, 0.25) is 5.95 Å². The zero-order chi connectivity index (χ0) is 20.1. The van der Waals surface area contributed by atoms with E-state index in [0.29, 0.717) is 30.9 Å². The monoisotopic (exact) mass is 401 g/mol. The third-order valence-corrected chi connectivity index (χ3v) is 5.30. The molecule has 0 bridgehead atoms. The first kappa shape index (κ1) is 16.9. The van der Waals surface area contributed by atoms with E-state index in [2.05, 4.69) is 15.3 Å². The maximum absolute atomic E-state index is 6.07. The van der Waals surface area contributed by atoms with Gasteiger partial charge >= 0.3 is 0 Å². The van der Waals surface area contributed by atoms with Crippen LogP contribution in [0, 0.1) is 0 Å². The lowest BCUT2D eigenvalue weighted by molar-refractivity contribution is 0.297. The number of ether oxygens (including phenoxy) is 2. The zero-order valence-corrected chi connectivity index (χ0v) is 16.0. The quantitative estimate of drug-likeness (QED) is 0.535. The minimum atomic E-state index is -0.340. The number of anilines is 1. The van der Waals surface area contributed by atoms with Crippen LogP contribution in [0.5, 0.6) is 11.5 Å². The molecule has 0 unspecified atom stereocenters. The van der Waals surface area contributed by atoms with Crippen LogP contribution in [0.15, 0.2) is 60.1 Å². The number of nitrogens with zero attached hydrogens (tertiary/aromatic N) is 5. The molecule has 0 aliphatic carbocycles. The molecule has 150 valence electrons. The summed E-state index contributed by atoms with van der Waals surface area (Å²) in [6, 6.07) is 12.0. The second-order valence-corrected chi connectivity index (χ2v) is 7.22. The number of imidazole rings is 2. The van der Waals surface area contributed by atoms with Crippen LogP contribution in [0.3, 0.4) is 0 Å². The summed E-state index contributed by atoms with van der Waals surface area (Å²) in [6.07, 6.45) is 5.94. The van der Waals surface area contributed by atoms with Gasteiger partial charge < -0.3 is 19.8 Å². The van der Waals surface area contributed by atoms with Crippen LogP contribution < -0.4 is 20.5 Å². The first-order valence-electron chi connectivity index (χ1n) is 9.76. The lowest BCUT2D eigenvalue weighted by Crippen LogP contribution is -2.31. The molecule has 0 spiro atoms. The lowest BCUT2D eigenvalue weighted by Gasteiger charge is -2.24. The maximum atomic E-state index is 6.07. The molecule has 6 rings (SSSR count). The van der Waals surface area contributed by atoms with Gasteiger partial charge in [0.1, 0.15) is 0 Å². The van der Waals surface area contributed by atoms with Crippen LogP contribution in [-0.4, -0.2) is 38.3 Å². The standard InChI is InChI=1S/C21H19N7O2/c22-20-25-19(13-2-4-14(5-3-13)27-7-6-23-12-27)28-16-11-18-17(29-8-1-9-30-18)10-15(16)24-21(28)26-20/h2-7,10-12,19H,1,8-9H2,(H3,22,24,25,26)/t19-/m1/s1. The minimum Gasteiger partial charge on any atom is -0.489 e. The van der Waals surface area contributed by atoms with Crippen molar-refractivity contribution in [2.75, 3.05) is 18.5 Å². The number of nitrogens with one attached hydrogen (secondary N) is 1. The Balaban J connectivity index is 1.47. The van der Waals surface area contributed by atoms with E-state index in [1.165, 1.54) is 0 Å². The number of aromatic nitrogens is 4. The smallest absolute Gasteiger partial charge is 0.212 e. The molecule has 30 heavy (non-hydrogen) atoms.